The van der Waals surface area contributed by atoms with Crippen LogP contribution in [0.4, 0.5) is 0 Å². The molecule has 0 atom stereocenters. The third kappa shape index (κ3) is 2.15. The van der Waals surface area contributed by atoms with Crippen LogP contribution in [-0.4, -0.2) is 10.2 Å². The lowest BCUT2D eigenvalue weighted by Crippen LogP contribution is -1.81. The number of phenolic OH excluding ortho intramolecular Hbond substituents is 2. The molecule has 1 aromatic carbocycles. The molecule has 0 bridgehead atoms. The van der Waals surface area contributed by atoms with Gasteiger partial charge in [0.1, 0.15) is 11.5 Å². The standard InChI is InChI=1S/C9H12O2/c1-2-3-7-4-8(10)6-9(11)5-7/h4-6,10-11H,2-3H2,1H3. The first-order valence-electron chi connectivity index (χ1n) is 3.74. The average molecular weight is 152 g/mol. The number of hydrogen-bond acceptors (Lipinski definition) is 2. The van der Waals surface area contributed by atoms with Gasteiger partial charge >= 0.3 is 0 Å². The molecule has 11 heavy (non-hydrogen) atoms. The predicted molar refractivity (Wildman–Crippen MR) is 43.8 cm³/mol. The Balaban J connectivity index is 2.89. The molecule has 2 N–H and O–H groups in total. The first-order chi connectivity index (χ1) is 5.22. The largest absolute Gasteiger partial charge is 0.508 e. The zero-order chi connectivity index (χ0) is 8.27. The molecule has 0 amide bonds. The molecular weight excluding hydrogens is 140 g/mol. The fraction of sp³-hybridized carbons (Fsp3) is 0.333. The van der Waals surface area contributed by atoms with Crippen LogP contribution in [0.3, 0.4) is 0 Å². The Bertz CT molecular complexity index is 223. The Hall–Kier alpha value is -1.18. The van der Waals surface area contributed by atoms with Crippen LogP contribution in [0.15, 0.2) is 18.2 Å². The SMILES string of the molecule is CCCc1cc(O)cc(O)c1. The Labute approximate surface area is 66.1 Å². The summed E-state index contributed by atoms with van der Waals surface area (Å²) in [5.74, 6) is 0.266. The average Bonchev–Trinajstić information content (AvgIpc) is 1.85. The van der Waals surface area contributed by atoms with Crippen LogP contribution >= 0.6 is 0 Å². The number of hydrogen-bond donors (Lipinski definition) is 2. The van der Waals surface area contributed by atoms with Gasteiger partial charge in [0, 0.05) is 6.07 Å². The van der Waals surface area contributed by atoms with Gasteiger partial charge in [0.25, 0.3) is 0 Å². The number of rotatable bonds is 2. The highest BCUT2D eigenvalue weighted by molar-refractivity contribution is 5.36. The highest BCUT2D eigenvalue weighted by atomic mass is 16.3. The van der Waals surface area contributed by atoms with Gasteiger partial charge in [-0.25, -0.2) is 0 Å². The molecule has 0 fully saturated rings. The lowest BCUT2D eigenvalue weighted by atomic mass is 10.1. The molecule has 0 aromatic heterocycles. The summed E-state index contributed by atoms with van der Waals surface area (Å²) in [6.07, 6.45) is 1.91. The summed E-state index contributed by atoms with van der Waals surface area (Å²) in [6.45, 7) is 2.06. The van der Waals surface area contributed by atoms with Gasteiger partial charge in [-0.3, -0.25) is 0 Å². The van der Waals surface area contributed by atoms with Crippen molar-refractivity contribution in [3.05, 3.63) is 23.8 Å². The molecule has 0 aliphatic carbocycles. The second kappa shape index (κ2) is 3.28. The third-order valence-electron chi connectivity index (χ3n) is 1.50. The molecule has 0 heterocycles. The van der Waals surface area contributed by atoms with Crippen molar-refractivity contribution in [1.82, 2.24) is 0 Å². The van der Waals surface area contributed by atoms with E-state index in [1.165, 1.54) is 6.07 Å². The monoisotopic (exact) mass is 152 g/mol. The van der Waals surface area contributed by atoms with Crippen molar-refractivity contribution >= 4 is 0 Å². The quantitative estimate of drug-likeness (QED) is 0.680. The van der Waals surface area contributed by atoms with Crippen LogP contribution in [0.1, 0.15) is 18.9 Å². The summed E-state index contributed by atoms with van der Waals surface area (Å²) in [5, 5.41) is 18.1. The Morgan fingerprint density at radius 3 is 2.09 bits per heavy atom. The first-order valence-corrected chi connectivity index (χ1v) is 3.74. The summed E-state index contributed by atoms with van der Waals surface area (Å²) in [6, 6.07) is 4.67. The van der Waals surface area contributed by atoms with E-state index in [2.05, 4.69) is 6.92 Å². The zero-order valence-electron chi connectivity index (χ0n) is 6.54. The predicted octanol–water partition coefficient (Wildman–Crippen LogP) is 2.05. The maximum absolute atomic E-state index is 9.06. The summed E-state index contributed by atoms with van der Waals surface area (Å²) >= 11 is 0. The van der Waals surface area contributed by atoms with Crippen LogP contribution < -0.4 is 0 Å². The fourth-order valence-electron chi connectivity index (χ4n) is 1.09. The van der Waals surface area contributed by atoms with E-state index in [1.807, 2.05) is 0 Å². The number of benzene rings is 1. The summed E-state index contributed by atoms with van der Waals surface area (Å²) in [4.78, 5) is 0. The highest BCUT2D eigenvalue weighted by Gasteiger charge is 1.96. The lowest BCUT2D eigenvalue weighted by Gasteiger charge is -2.00. The topological polar surface area (TPSA) is 40.5 Å². The fourth-order valence-corrected chi connectivity index (χ4v) is 1.09. The molecule has 0 aliphatic heterocycles. The van der Waals surface area contributed by atoms with Gasteiger partial charge in [-0.05, 0) is 24.1 Å². The van der Waals surface area contributed by atoms with Crippen LogP contribution in [0.5, 0.6) is 11.5 Å². The zero-order valence-corrected chi connectivity index (χ0v) is 6.54. The highest BCUT2D eigenvalue weighted by Crippen LogP contribution is 2.20. The maximum Gasteiger partial charge on any atom is 0.119 e. The minimum atomic E-state index is 0.133. The van der Waals surface area contributed by atoms with E-state index in [0.29, 0.717) is 0 Å². The van der Waals surface area contributed by atoms with Crippen LogP contribution in [0.25, 0.3) is 0 Å². The molecule has 1 aromatic rings. The molecule has 1 rings (SSSR count). The van der Waals surface area contributed by atoms with Crippen molar-refractivity contribution in [3.8, 4) is 11.5 Å². The van der Waals surface area contributed by atoms with Gasteiger partial charge in [-0.1, -0.05) is 13.3 Å². The smallest absolute Gasteiger partial charge is 0.119 e. The van der Waals surface area contributed by atoms with E-state index in [9.17, 15) is 0 Å². The van der Waals surface area contributed by atoms with E-state index in [4.69, 9.17) is 10.2 Å². The molecule has 0 unspecified atom stereocenters. The minimum absolute atomic E-state index is 0.133. The third-order valence-corrected chi connectivity index (χ3v) is 1.50. The summed E-state index contributed by atoms with van der Waals surface area (Å²) in [5.41, 5.74) is 0.977. The van der Waals surface area contributed by atoms with Crippen molar-refractivity contribution in [3.63, 3.8) is 0 Å². The number of phenols is 2. The molecule has 0 saturated carbocycles. The lowest BCUT2D eigenvalue weighted by molar-refractivity contribution is 0.449. The molecule has 0 radical (unpaired) electrons. The van der Waals surface area contributed by atoms with E-state index < -0.39 is 0 Å². The van der Waals surface area contributed by atoms with Crippen molar-refractivity contribution in [1.29, 1.82) is 0 Å². The Morgan fingerprint density at radius 2 is 1.64 bits per heavy atom. The van der Waals surface area contributed by atoms with E-state index in [0.717, 1.165) is 18.4 Å². The molecule has 0 saturated heterocycles. The molecule has 2 heteroatoms. The Kier molecular flexibility index (Phi) is 2.36. The molecule has 0 aliphatic rings. The van der Waals surface area contributed by atoms with Crippen LogP contribution in [0.2, 0.25) is 0 Å². The second-order valence-corrected chi connectivity index (χ2v) is 2.61. The van der Waals surface area contributed by atoms with Crippen LogP contribution in [0, 0.1) is 0 Å². The van der Waals surface area contributed by atoms with Crippen molar-refractivity contribution < 1.29 is 10.2 Å². The summed E-state index contributed by atoms with van der Waals surface area (Å²) in [7, 11) is 0. The van der Waals surface area contributed by atoms with Gasteiger partial charge in [-0.2, -0.15) is 0 Å². The van der Waals surface area contributed by atoms with Gasteiger partial charge in [-0.15, -0.1) is 0 Å². The van der Waals surface area contributed by atoms with Crippen molar-refractivity contribution in [2.45, 2.75) is 19.8 Å². The Morgan fingerprint density at radius 1 is 1.09 bits per heavy atom. The molecular formula is C9H12O2. The van der Waals surface area contributed by atoms with E-state index in [1.54, 1.807) is 12.1 Å². The van der Waals surface area contributed by atoms with Crippen molar-refractivity contribution in [2.24, 2.45) is 0 Å². The van der Waals surface area contributed by atoms with Gasteiger partial charge in [0.15, 0.2) is 0 Å². The number of aryl methyl sites for hydroxylation is 1. The van der Waals surface area contributed by atoms with Gasteiger partial charge in [0.05, 0.1) is 0 Å². The molecule has 60 valence electrons. The van der Waals surface area contributed by atoms with Gasteiger partial charge in [0.2, 0.25) is 0 Å². The first kappa shape index (κ1) is 7.92. The van der Waals surface area contributed by atoms with E-state index >= 15 is 0 Å². The minimum Gasteiger partial charge on any atom is -0.508 e. The van der Waals surface area contributed by atoms with Gasteiger partial charge < -0.3 is 10.2 Å². The number of aromatic hydroxyl groups is 2. The summed E-state index contributed by atoms with van der Waals surface area (Å²) < 4.78 is 0. The second-order valence-electron chi connectivity index (χ2n) is 2.61. The normalized spacial score (nSPS) is 9.91. The molecule has 2 nitrogen and oxygen atoms in total. The maximum atomic E-state index is 9.06. The van der Waals surface area contributed by atoms with E-state index in [-0.39, 0.29) is 11.5 Å². The molecule has 0 spiro atoms. The van der Waals surface area contributed by atoms with Crippen molar-refractivity contribution in [2.75, 3.05) is 0 Å². The van der Waals surface area contributed by atoms with Crippen LogP contribution in [-0.2, 0) is 6.42 Å².